The number of benzene rings is 3. The van der Waals surface area contributed by atoms with Crippen molar-refractivity contribution in [2.75, 3.05) is 11.4 Å². The fourth-order valence-corrected chi connectivity index (χ4v) is 4.26. The summed E-state index contributed by atoms with van der Waals surface area (Å²) in [6.07, 6.45) is 1.59. The molecule has 0 unspecified atom stereocenters. The number of nitrogens with one attached hydrogen (secondary N) is 1. The Morgan fingerprint density at radius 3 is 2.19 bits per heavy atom. The van der Waals surface area contributed by atoms with E-state index in [2.05, 4.69) is 22.7 Å². The van der Waals surface area contributed by atoms with Crippen LogP contribution in [0.2, 0.25) is 0 Å². The molecule has 1 amide bonds. The SMILES string of the molecule is C/C(CCc1ccccc1)=N/NC(=O)c1ccc(N(C)S(=O)(=O)c2ccc(C)cc2)cc1. The first-order valence-corrected chi connectivity index (χ1v) is 11.7. The van der Waals surface area contributed by atoms with E-state index in [4.69, 9.17) is 0 Å². The third kappa shape index (κ3) is 5.82. The van der Waals surface area contributed by atoms with Crippen LogP contribution in [0.4, 0.5) is 5.69 Å². The lowest BCUT2D eigenvalue weighted by atomic mass is 10.1. The Labute approximate surface area is 189 Å². The Morgan fingerprint density at radius 2 is 1.56 bits per heavy atom. The maximum absolute atomic E-state index is 12.8. The summed E-state index contributed by atoms with van der Waals surface area (Å²) < 4.78 is 26.9. The van der Waals surface area contributed by atoms with Crippen LogP contribution >= 0.6 is 0 Å². The summed E-state index contributed by atoms with van der Waals surface area (Å²) in [7, 11) is -2.19. The summed E-state index contributed by atoms with van der Waals surface area (Å²) in [5, 5.41) is 4.17. The fraction of sp³-hybridized carbons (Fsp3) is 0.200. The largest absolute Gasteiger partial charge is 0.271 e. The molecular weight excluding hydrogens is 422 g/mol. The molecule has 32 heavy (non-hydrogen) atoms. The van der Waals surface area contributed by atoms with Gasteiger partial charge in [-0.2, -0.15) is 5.10 Å². The standard InChI is InChI=1S/C25H27N3O3S/c1-19-9-17-24(18-10-19)32(30,31)28(3)23-15-13-22(14-16-23)25(29)27-26-20(2)11-12-21-7-5-4-6-8-21/h4-10,13-18H,11-12H2,1-3H3,(H,27,29)/b26-20-. The zero-order chi connectivity index (χ0) is 23.1. The third-order valence-corrected chi connectivity index (χ3v) is 6.94. The lowest BCUT2D eigenvalue weighted by molar-refractivity contribution is 0.0954. The minimum Gasteiger partial charge on any atom is -0.269 e. The predicted octanol–water partition coefficient (Wildman–Crippen LogP) is 4.56. The molecule has 0 aliphatic carbocycles. The van der Waals surface area contributed by atoms with Gasteiger partial charge in [0.05, 0.1) is 10.6 Å². The molecule has 3 aromatic rings. The molecular formula is C25H27N3O3S. The van der Waals surface area contributed by atoms with Crippen LogP contribution in [0.5, 0.6) is 0 Å². The smallest absolute Gasteiger partial charge is 0.269 e. The number of anilines is 1. The van der Waals surface area contributed by atoms with E-state index in [0.717, 1.165) is 24.1 Å². The molecule has 0 saturated carbocycles. The van der Waals surface area contributed by atoms with Crippen molar-refractivity contribution < 1.29 is 13.2 Å². The van der Waals surface area contributed by atoms with Crippen LogP contribution in [0.1, 0.15) is 34.8 Å². The van der Waals surface area contributed by atoms with Gasteiger partial charge in [-0.25, -0.2) is 13.8 Å². The first kappa shape index (κ1) is 23.2. The highest BCUT2D eigenvalue weighted by atomic mass is 32.2. The first-order chi connectivity index (χ1) is 15.3. The lowest BCUT2D eigenvalue weighted by Gasteiger charge is -2.19. The molecule has 0 aliphatic rings. The van der Waals surface area contributed by atoms with Crippen LogP contribution in [-0.2, 0) is 16.4 Å². The minimum absolute atomic E-state index is 0.215. The molecule has 0 aromatic heterocycles. The van der Waals surface area contributed by atoms with Crippen molar-refractivity contribution in [3.63, 3.8) is 0 Å². The van der Waals surface area contributed by atoms with Gasteiger partial charge in [-0.1, -0.05) is 48.0 Å². The molecule has 1 N–H and O–H groups in total. The van der Waals surface area contributed by atoms with Crippen molar-refractivity contribution in [3.05, 3.63) is 95.6 Å². The number of hydrogen-bond acceptors (Lipinski definition) is 4. The highest BCUT2D eigenvalue weighted by Gasteiger charge is 2.21. The number of nitrogens with zero attached hydrogens (tertiary/aromatic N) is 2. The molecule has 0 fully saturated rings. The van der Waals surface area contributed by atoms with Crippen LogP contribution < -0.4 is 9.73 Å². The zero-order valence-electron chi connectivity index (χ0n) is 18.4. The minimum atomic E-state index is -3.68. The fourth-order valence-electron chi connectivity index (χ4n) is 3.07. The summed E-state index contributed by atoms with van der Waals surface area (Å²) in [6.45, 7) is 3.77. The van der Waals surface area contributed by atoms with Crippen molar-refractivity contribution in [1.29, 1.82) is 0 Å². The molecule has 0 atom stereocenters. The zero-order valence-corrected chi connectivity index (χ0v) is 19.3. The van der Waals surface area contributed by atoms with Crippen LogP contribution in [-0.4, -0.2) is 27.1 Å². The Bertz CT molecular complexity index is 1190. The summed E-state index contributed by atoms with van der Waals surface area (Å²) in [4.78, 5) is 12.6. The Kier molecular flexibility index (Phi) is 7.43. The Balaban J connectivity index is 1.61. The van der Waals surface area contributed by atoms with Gasteiger partial charge in [-0.15, -0.1) is 0 Å². The van der Waals surface area contributed by atoms with Crippen molar-refractivity contribution in [2.45, 2.75) is 31.6 Å². The molecule has 0 saturated heterocycles. The number of aryl methyl sites for hydroxylation is 2. The van der Waals surface area contributed by atoms with E-state index >= 15 is 0 Å². The van der Waals surface area contributed by atoms with E-state index < -0.39 is 10.0 Å². The van der Waals surface area contributed by atoms with Gasteiger partial charge in [0, 0.05) is 18.3 Å². The summed E-state index contributed by atoms with van der Waals surface area (Å²) >= 11 is 0. The molecule has 0 heterocycles. The Hall–Kier alpha value is -3.45. The number of amides is 1. The first-order valence-electron chi connectivity index (χ1n) is 10.3. The van der Waals surface area contributed by atoms with E-state index in [1.54, 1.807) is 48.5 Å². The van der Waals surface area contributed by atoms with Gasteiger partial charge < -0.3 is 0 Å². The van der Waals surface area contributed by atoms with Gasteiger partial charge >= 0.3 is 0 Å². The van der Waals surface area contributed by atoms with Gasteiger partial charge in [-0.3, -0.25) is 9.10 Å². The maximum atomic E-state index is 12.8. The van der Waals surface area contributed by atoms with Crippen molar-refractivity contribution in [2.24, 2.45) is 5.10 Å². The molecule has 3 aromatic carbocycles. The monoisotopic (exact) mass is 449 g/mol. The third-order valence-electron chi connectivity index (χ3n) is 5.14. The van der Waals surface area contributed by atoms with Crippen LogP contribution in [0.25, 0.3) is 0 Å². The highest BCUT2D eigenvalue weighted by molar-refractivity contribution is 7.92. The number of carbonyl (C=O) groups is 1. The van der Waals surface area contributed by atoms with Crippen molar-refractivity contribution in [1.82, 2.24) is 5.43 Å². The Morgan fingerprint density at radius 1 is 0.938 bits per heavy atom. The quantitative estimate of drug-likeness (QED) is 0.404. The highest BCUT2D eigenvalue weighted by Crippen LogP contribution is 2.22. The average Bonchev–Trinajstić information content (AvgIpc) is 2.81. The second kappa shape index (κ2) is 10.2. The molecule has 0 spiro atoms. The normalized spacial score (nSPS) is 11.8. The molecule has 7 heteroatoms. The second-order valence-electron chi connectivity index (χ2n) is 7.61. The van der Waals surface area contributed by atoms with Crippen LogP contribution in [0.15, 0.2) is 88.9 Å². The molecule has 6 nitrogen and oxygen atoms in total. The summed E-state index contributed by atoms with van der Waals surface area (Å²) in [5.41, 5.74) is 6.45. The summed E-state index contributed by atoms with van der Waals surface area (Å²) in [5.74, 6) is -0.348. The average molecular weight is 450 g/mol. The number of sulfonamides is 1. The number of carbonyl (C=O) groups excluding carboxylic acids is 1. The van der Waals surface area contributed by atoms with Gasteiger partial charge in [0.2, 0.25) is 0 Å². The molecule has 0 aliphatic heterocycles. The topological polar surface area (TPSA) is 78.8 Å². The van der Waals surface area contributed by atoms with Gasteiger partial charge in [0.25, 0.3) is 15.9 Å². The maximum Gasteiger partial charge on any atom is 0.271 e. The molecule has 0 bridgehead atoms. The number of hydrazone groups is 1. The van der Waals surface area contributed by atoms with Gasteiger partial charge in [0.15, 0.2) is 0 Å². The van der Waals surface area contributed by atoms with E-state index in [1.165, 1.54) is 16.9 Å². The predicted molar refractivity (Wildman–Crippen MR) is 129 cm³/mol. The summed E-state index contributed by atoms with van der Waals surface area (Å²) in [6, 6.07) is 23.2. The molecule has 3 rings (SSSR count). The number of rotatable bonds is 8. The van der Waals surface area contributed by atoms with Crippen LogP contribution in [0, 0.1) is 6.92 Å². The molecule has 166 valence electrons. The van der Waals surface area contributed by atoms with Crippen molar-refractivity contribution in [3.8, 4) is 0 Å². The molecule has 0 radical (unpaired) electrons. The van der Waals surface area contributed by atoms with E-state index in [9.17, 15) is 13.2 Å². The van der Waals surface area contributed by atoms with Gasteiger partial charge in [0.1, 0.15) is 0 Å². The second-order valence-corrected chi connectivity index (χ2v) is 9.58. The van der Waals surface area contributed by atoms with Crippen LogP contribution in [0.3, 0.4) is 0 Å². The van der Waals surface area contributed by atoms with Crippen molar-refractivity contribution >= 4 is 27.3 Å². The lowest BCUT2D eigenvalue weighted by Crippen LogP contribution is -2.26. The van der Waals surface area contributed by atoms with E-state index in [0.29, 0.717) is 11.3 Å². The van der Waals surface area contributed by atoms with E-state index in [1.807, 2.05) is 32.0 Å². The van der Waals surface area contributed by atoms with E-state index in [-0.39, 0.29) is 10.8 Å². The van der Waals surface area contributed by atoms with Gasteiger partial charge in [-0.05, 0) is 68.7 Å². The number of hydrogen-bond donors (Lipinski definition) is 1.